The summed E-state index contributed by atoms with van der Waals surface area (Å²) in [6, 6.07) is -0.147. The van der Waals surface area contributed by atoms with Crippen LogP contribution < -0.4 is 16.0 Å². The number of imidazole rings is 1. The monoisotopic (exact) mass is 386 g/mol. The van der Waals surface area contributed by atoms with E-state index in [-0.39, 0.29) is 6.03 Å². The highest BCUT2D eigenvalue weighted by molar-refractivity contribution is 5.87. The van der Waals surface area contributed by atoms with E-state index in [0.717, 1.165) is 53.4 Å². The highest BCUT2D eigenvalue weighted by Crippen LogP contribution is 2.22. The topological polar surface area (TPSA) is 97.3 Å². The average molecular weight is 386 g/mol. The van der Waals surface area contributed by atoms with Crippen molar-refractivity contribution < 1.29 is 14.3 Å². The molecule has 4 rings (SSSR count). The molecular formula is C19H26N6O3. The van der Waals surface area contributed by atoms with Gasteiger partial charge in [-0.1, -0.05) is 0 Å². The van der Waals surface area contributed by atoms with Crippen LogP contribution in [0.4, 0.5) is 10.7 Å². The third-order valence-electron chi connectivity index (χ3n) is 5.37. The van der Waals surface area contributed by atoms with E-state index in [2.05, 4.69) is 20.4 Å². The lowest BCUT2D eigenvalue weighted by atomic mass is 9.99. The molecule has 1 aliphatic carbocycles. The maximum Gasteiger partial charge on any atom is 0.324 e. The molecule has 1 aliphatic heterocycles. The first-order chi connectivity index (χ1) is 13.6. The number of likely N-dealkylation sites (tertiary alicyclic amines) is 1. The summed E-state index contributed by atoms with van der Waals surface area (Å²) >= 11 is 0. The van der Waals surface area contributed by atoms with Crippen LogP contribution in [0.15, 0.2) is 12.4 Å². The number of ether oxygens (including phenoxy) is 2. The first-order valence-electron chi connectivity index (χ1n) is 9.49. The van der Waals surface area contributed by atoms with Crippen molar-refractivity contribution in [2.75, 3.05) is 39.2 Å². The fourth-order valence-electron chi connectivity index (χ4n) is 3.97. The number of nitrogens with one attached hydrogen (secondary N) is 2. The number of fused-ring (bicyclic) bond motifs is 1. The number of hydrogen-bond donors (Lipinski definition) is 2. The Labute approximate surface area is 163 Å². The fourth-order valence-corrected chi connectivity index (χ4v) is 3.97. The van der Waals surface area contributed by atoms with Crippen LogP contribution in [-0.2, 0) is 16.5 Å². The lowest BCUT2D eigenvalue weighted by molar-refractivity contribution is 0.154. The number of anilines is 1. The lowest BCUT2D eigenvalue weighted by Crippen LogP contribution is -2.33. The fraction of sp³-hybridized carbons (Fsp3) is 0.526. The van der Waals surface area contributed by atoms with Gasteiger partial charge in [-0.25, -0.2) is 9.78 Å². The molecule has 0 spiro atoms. The van der Waals surface area contributed by atoms with E-state index in [0.29, 0.717) is 25.0 Å². The summed E-state index contributed by atoms with van der Waals surface area (Å²) in [7, 11) is 5.24. The van der Waals surface area contributed by atoms with Gasteiger partial charge in [0.15, 0.2) is 0 Å². The lowest BCUT2D eigenvalue weighted by Gasteiger charge is -2.16. The quantitative estimate of drug-likeness (QED) is 0.775. The molecule has 2 aliphatic rings. The third-order valence-corrected chi connectivity index (χ3v) is 5.37. The molecule has 0 bridgehead atoms. The van der Waals surface area contributed by atoms with Gasteiger partial charge in [0.25, 0.3) is 0 Å². The molecule has 3 heterocycles. The van der Waals surface area contributed by atoms with Gasteiger partial charge in [-0.15, -0.1) is 0 Å². The van der Waals surface area contributed by atoms with Crippen LogP contribution in [-0.4, -0.2) is 64.6 Å². The van der Waals surface area contributed by atoms with Crippen LogP contribution in [0.25, 0.3) is 11.3 Å². The maximum atomic E-state index is 12.6. The number of carbonyl (C=O) groups is 1. The number of aromatic nitrogens is 4. The molecule has 2 aromatic rings. The molecular weight excluding hydrogens is 360 g/mol. The molecule has 0 unspecified atom stereocenters. The summed E-state index contributed by atoms with van der Waals surface area (Å²) in [5.74, 6) is 1.67. The van der Waals surface area contributed by atoms with E-state index in [1.807, 2.05) is 19.4 Å². The minimum absolute atomic E-state index is 0.147. The number of H-pyrrole nitrogens is 1. The molecule has 9 nitrogen and oxygen atoms in total. The van der Waals surface area contributed by atoms with Crippen LogP contribution in [0.1, 0.15) is 24.8 Å². The van der Waals surface area contributed by atoms with E-state index in [4.69, 9.17) is 9.47 Å². The highest BCUT2D eigenvalue weighted by Gasteiger charge is 2.27. The van der Waals surface area contributed by atoms with Gasteiger partial charge in [0.05, 0.1) is 25.3 Å². The Hall–Kier alpha value is -2.81. The largest absolute Gasteiger partial charge is 0.499 e. The Kier molecular flexibility index (Phi) is 5.08. The standard InChI is InChI=1S/C19H26N6O3/c1-24-10-13(8-20-24)14-4-5-15(28-3)17-16(14)21-18(22-17)23-19(26)25-7-6-12(9-25)11-27-2/h8,10,12H,4-7,9,11H2,1-3H3,(H2,21,22,23,26)/t12-/m1/s1. The van der Waals surface area contributed by atoms with E-state index in [1.54, 1.807) is 23.8 Å². The first-order valence-corrected chi connectivity index (χ1v) is 9.49. The number of aryl methyl sites for hydroxylation is 1. The molecule has 28 heavy (non-hydrogen) atoms. The number of nitrogens with zero attached hydrogens (tertiary/aromatic N) is 4. The molecule has 2 aromatic heterocycles. The van der Waals surface area contributed by atoms with Crippen LogP contribution in [0, 0.1) is 5.92 Å². The van der Waals surface area contributed by atoms with Crippen molar-refractivity contribution in [3.63, 3.8) is 0 Å². The van der Waals surface area contributed by atoms with E-state index in [1.165, 1.54) is 0 Å². The minimum Gasteiger partial charge on any atom is -0.499 e. The van der Waals surface area contributed by atoms with E-state index in [9.17, 15) is 4.79 Å². The smallest absolute Gasteiger partial charge is 0.324 e. The highest BCUT2D eigenvalue weighted by atomic mass is 16.5. The molecule has 1 fully saturated rings. The number of amides is 2. The van der Waals surface area contributed by atoms with Crippen molar-refractivity contribution >= 4 is 23.3 Å². The Balaban J connectivity index is 1.63. The van der Waals surface area contributed by atoms with E-state index < -0.39 is 0 Å². The van der Waals surface area contributed by atoms with Gasteiger partial charge in [0, 0.05) is 51.3 Å². The van der Waals surface area contributed by atoms with Gasteiger partial charge in [-0.05, 0) is 18.4 Å². The molecule has 9 heteroatoms. The summed E-state index contributed by atoms with van der Waals surface area (Å²) in [5, 5.41) is 8.80. The molecule has 0 saturated carbocycles. The summed E-state index contributed by atoms with van der Waals surface area (Å²) in [6.07, 6.45) is 6.35. The number of aromatic amines is 1. The van der Waals surface area contributed by atoms with Crippen molar-refractivity contribution in [2.45, 2.75) is 19.3 Å². The Morgan fingerprint density at radius 2 is 2.25 bits per heavy atom. The summed E-state index contributed by atoms with van der Waals surface area (Å²) in [6.45, 7) is 2.10. The Morgan fingerprint density at radius 3 is 2.96 bits per heavy atom. The second-order valence-electron chi connectivity index (χ2n) is 7.30. The molecule has 0 aromatic carbocycles. The maximum absolute atomic E-state index is 12.6. The van der Waals surface area contributed by atoms with Crippen molar-refractivity contribution in [1.82, 2.24) is 24.6 Å². The van der Waals surface area contributed by atoms with Crippen molar-refractivity contribution in [3.8, 4) is 0 Å². The number of hydrogen-bond acceptors (Lipinski definition) is 5. The molecule has 0 radical (unpaired) electrons. The summed E-state index contributed by atoms with van der Waals surface area (Å²) in [5.41, 5.74) is 2.13. The predicted octanol–water partition coefficient (Wildman–Crippen LogP) is 0.391. The Bertz CT molecular complexity index is 992. The van der Waals surface area contributed by atoms with Gasteiger partial charge in [0.2, 0.25) is 5.95 Å². The minimum atomic E-state index is -0.147. The Morgan fingerprint density at radius 1 is 1.39 bits per heavy atom. The molecule has 2 amide bonds. The molecule has 1 atom stereocenters. The number of carbonyl (C=O) groups excluding carboxylic acids is 1. The first kappa shape index (κ1) is 18.5. The van der Waals surface area contributed by atoms with Crippen LogP contribution in [0.5, 0.6) is 0 Å². The molecule has 150 valence electrons. The predicted molar refractivity (Wildman–Crippen MR) is 104 cm³/mol. The van der Waals surface area contributed by atoms with Crippen LogP contribution >= 0.6 is 0 Å². The van der Waals surface area contributed by atoms with Crippen molar-refractivity contribution in [1.29, 1.82) is 0 Å². The molecule has 1 saturated heterocycles. The molecule has 2 N–H and O–H groups in total. The second kappa shape index (κ2) is 7.67. The number of rotatable bonds is 5. The normalized spacial score (nSPS) is 19.1. The SMILES string of the molecule is COC[C@@H]1CCN(C(=O)Nc2nc3c([nH]2)=C(OC)CCC=3c2cnn(C)c2)C1. The summed E-state index contributed by atoms with van der Waals surface area (Å²) < 4.78 is 12.5. The van der Waals surface area contributed by atoms with Gasteiger partial charge < -0.3 is 19.4 Å². The van der Waals surface area contributed by atoms with Crippen molar-refractivity contribution in [3.05, 3.63) is 28.7 Å². The number of methoxy groups -OCH3 is 2. The van der Waals surface area contributed by atoms with Crippen LogP contribution in [0.2, 0.25) is 0 Å². The van der Waals surface area contributed by atoms with Gasteiger partial charge in [-0.3, -0.25) is 10.00 Å². The number of urea groups is 1. The third kappa shape index (κ3) is 3.49. The zero-order chi connectivity index (χ0) is 19.7. The van der Waals surface area contributed by atoms with Gasteiger partial charge in [0.1, 0.15) is 11.1 Å². The van der Waals surface area contributed by atoms with Gasteiger partial charge >= 0.3 is 6.03 Å². The van der Waals surface area contributed by atoms with Crippen LogP contribution in [0.3, 0.4) is 0 Å². The van der Waals surface area contributed by atoms with E-state index >= 15 is 0 Å². The summed E-state index contributed by atoms with van der Waals surface area (Å²) in [4.78, 5) is 22.3. The van der Waals surface area contributed by atoms with Gasteiger partial charge in [-0.2, -0.15) is 5.10 Å². The second-order valence-corrected chi connectivity index (χ2v) is 7.30. The zero-order valence-electron chi connectivity index (χ0n) is 16.5. The zero-order valence-corrected chi connectivity index (χ0v) is 16.5. The van der Waals surface area contributed by atoms with Crippen molar-refractivity contribution in [2.24, 2.45) is 13.0 Å². The average Bonchev–Trinajstić information content (AvgIpc) is 3.40.